The highest BCUT2D eigenvalue weighted by Gasteiger charge is 2.19. The topological polar surface area (TPSA) is 78.9 Å². The maximum Gasteiger partial charge on any atom is 0.306 e. The molecule has 0 aromatic carbocycles. The van der Waals surface area contributed by atoms with E-state index < -0.39 is 6.10 Å². The molecule has 0 aliphatic carbocycles. The first-order chi connectivity index (χ1) is 28.5. The maximum absolute atomic E-state index is 12.8. The second-order valence-corrected chi connectivity index (χ2v) is 16.4. The molecule has 0 spiro atoms. The lowest BCUT2D eigenvalue weighted by Gasteiger charge is -2.18. The minimum absolute atomic E-state index is 0.0879. The van der Waals surface area contributed by atoms with Gasteiger partial charge in [-0.25, -0.2) is 0 Å². The molecule has 6 heteroatoms. The Labute approximate surface area is 358 Å². The molecule has 0 fully saturated rings. The first-order valence-corrected chi connectivity index (χ1v) is 24.6. The summed E-state index contributed by atoms with van der Waals surface area (Å²) in [7, 11) is 0. The fourth-order valence-corrected chi connectivity index (χ4v) is 6.78. The van der Waals surface area contributed by atoms with Gasteiger partial charge in [0.2, 0.25) is 0 Å². The van der Waals surface area contributed by atoms with Gasteiger partial charge < -0.3 is 14.2 Å². The number of carbonyl (C=O) groups is 3. The molecule has 0 aliphatic heterocycles. The number of allylic oxidation sites excluding steroid dienone is 8. The van der Waals surface area contributed by atoms with Gasteiger partial charge >= 0.3 is 17.9 Å². The Balaban J connectivity index is 4.43. The van der Waals surface area contributed by atoms with Crippen molar-refractivity contribution in [2.75, 3.05) is 13.2 Å². The molecule has 6 nitrogen and oxygen atoms in total. The summed E-state index contributed by atoms with van der Waals surface area (Å²) in [5, 5.41) is 0. The van der Waals surface area contributed by atoms with E-state index in [2.05, 4.69) is 69.4 Å². The van der Waals surface area contributed by atoms with E-state index >= 15 is 0 Å². The summed E-state index contributed by atoms with van der Waals surface area (Å²) < 4.78 is 16.7. The van der Waals surface area contributed by atoms with Crippen LogP contribution in [0.1, 0.15) is 245 Å². The van der Waals surface area contributed by atoms with Crippen molar-refractivity contribution in [1.82, 2.24) is 0 Å². The average Bonchev–Trinajstić information content (AvgIpc) is 3.22. The second kappa shape index (κ2) is 47.1. The van der Waals surface area contributed by atoms with Gasteiger partial charge in [0.25, 0.3) is 0 Å². The number of carbonyl (C=O) groups excluding carboxylic acids is 3. The monoisotopic (exact) mass is 813 g/mol. The third-order valence-electron chi connectivity index (χ3n) is 10.6. The van der Waals surface area contributed by atoms with Crippen molar-refractivity contribution in [2.45, 2.75) is 252 Å². The number of hydrogen-bond donors (Lipinski definition) is 0. The lowest BCUT2D eigenvalue weighted by Crippen LogP contribution is -2.30. The number of esters is 3. The lowest BCUT2D eigenvalue weighted by molar-refractivity contribution is -0.167. The Hall–Kier alpha value is -2.63. The van der Waals surface area contributed by atoms with Crippen molar-refractivity contribution in [3.05, 3.63) is 48.6 Å². The molecule has 0 radical (unpaired) electrons. The Kier molecular flexibility index (Phi) is 44.9. The van der Waals surface area contributed by atoms with E-state index in [9.17, 15) is 14.4 Å². The molecule has 58 heavy (non-hydrogen) atoms. The summed E-state index contributed by atoms with van der Waals surface area (Å²) in [5.74, 6) is -0.932. The Bertz CT molecular complexity index is 1030. The fraction of sp³-hybridized carbons (Fsp3) is 0.788. The zero-order chi connectivity index (χ0) is 42.3. The molecule has 0 saturated carbocycles. The summed E-state index contributed by atoms with van der Waals surface area (Å²) in [5.41, 5.74) is 0. The summed E-state index contributed by atoms with van der Waals surface area (Å²) in [6.45, 7) is 6.53. The van der Waals surface area contributed by atoms with E-state index in [0.29, 0.717) is 19.3 Å². The lowest BCUT2D eigenvalue weighted by atomic mass is 10.0. The van der Waals surface area contributed by atoms with E-state index in [1.165, 1.54) is 128 Å². The summed E-state index contributed by atoms with van der Waals surface area (Å²) in [6, 6.07) is 0. The second-order valence-electron chi connectivity index (χ2n) is 16.4. The molecule has 0 unspecified atom stereocenters. The zero-order valence-corrected chi connectivity index (χ0v) is 38.3. The van der Waals surface area contributed by atoms with E-state index in [-0.39, 0.29) is 31.1 Å². The van der Waals surface area contributed by atoms with E-state index in [0.717, 1.165) is 77.0 Å². The van der Waals surface area contributed by atoms with E-state index in [1.54, 1.807) is 0 Å². The predicted octanol–water partition coefficient (Wildman–Crippen LogP) is 15.9. The van der Waals surface area contributed by atoms with Crippen LogP contribution in [0.2, 0.25) is 0 Å². The minimum Gasteiger partial charge on any atom is -0.462 e. The van der Waals surface area contributed by atoms with Gasteiger partial charge in [-0.2, -0.15) is 0 Å². The summed E-state index contributed by atoms with van der Waals surface area (Å²) >= 11 is 0. The molecule has 0 aromatic rings. The maximum atomic E-state index is 12.8. The standard InChI is InChI=1S/C52H92O6/c1-4-7-10-13-16-19-22-24-26-28-30-33-36-39-42-45-51(54)57-48-49(47-56-50(53)44-41-38-35-32-29-21-18-15-12-9-6-3)58-52(55)46-43-40-37-34-31-27-25-23-20-17-14-11-8-5-2/h15-16,18-19,24,26,30,33,49H,4-14,17,20-23,25,27-29,31-32,34-48H2,1-3H3/b18-15-,19-16-,26-24-,33-30-/t49-/m1/s1. The largest absolute Gasteiger partial charge is 0.462 e. The van der Waals surface area contributed by atoms with Gasteiger partial charge in [0.05, 0.1) is 0 Å². The Morgan fingerprint density at radius 3 is 1.10 bits per heavy atom. The Morgan fingerprint density at radius 1 is 0.345 bits per heavy atom. The van der Waals surface area contributed by atoms with Gasteiger partial charge in [-0.05, 0) is 77.0 Å². The smallest absolute Gasteiger partial charge is 0.306 e. The number of hydrogen-bond acceptors (Lipinski definition) is 6. The van der Waals surface area contributed by atoms with Crippen LogP contribution in [0, 0.1) is 0 Å². The van der Waals surface area contributed by atoms with Gasteiger partial charge in [0, 0.05) is 19.3 Å². The van der Waals surface area contributed by atoms with Crippen molar-refractivity contribution < 1.29 is 28.6 Å². The Morgan fingerprint density at radius 2 is 0.638 bits per heavy atom. The van der Waals surface area contributed by atoms with E-state index in [1.807, 2.05) is 0 Å². The molecule has 0 rings (SSSR count). The highest BCUT2D eigenvalue weighted by Crippen LogP contribution is 2.15. The molecule has 0 bridgehead atoms. The van der Waals surface area contributed by atoms with Crippen molar-refractivity contribution in [1.29, 1.82) is 0 Å². The van der Waals surface area contributed by atoms with E-state index in [4.69, 9.17) is 14.2 Å². The zero-order valence-electron chi connectivity index (χ0n) is 38.3. The van der Waals surface area contributed by atoms with Crippen LogP contribution < -0.4 is 0 Å². The number of unbranched alkanes of at least 4 members (excludes halogenated alkanes) is 25. The molecule has 1 atom stereocenters. The molecular formula is C52H92O6. The van der Waals surface area contributed by atoms with Crippen molar-refractivity contribution in [3.8, 4) is 0 Å². The average molecular weight is 813 g/mol. The minimum atomic E-state index is -0.787. The molecule has 0 saturated heterocycles. The van der Waals surface area contributed by atoms with Crippen LogP contribution in [0.4, 0.5) is 0 Å². The highest BCUT2D eigenvalue weighted by molar-refractivity contribution is 5.71. The number of ether oxygens (including phenoxy) is 3. The highest BCUT2D eigenvalue weighted by atomic mass is 16.6. The van der Waals surface area contributed by atoms with Crippen LogP contribution in [-0.4, -0.2) is 37.2 Å². The normalized spacial score (nSPS) is 12.4. The van der Waals surface area contributed by atoms with Crippen molar-refractivity contribution >= 4 is 17.9 Å². The summed E-state index contributed by atoms with van der Waals surface area (Å²) in [4.78, 5) is 37.8. The van der Waals surface area contributed by atoms with Crippen molar-refractivity contribution in [2.24, 2.45) is 0 Å². The number of rotatable bonds is 44. The third-order valence-corrected chi connectivity index (χ3v) is 10.6. The van der Waals surface area contributed by atoms with Crippen LogP contribution >= 0.6 is 0 Å². The fourth-order valence-electron chi connectivity index (χ4n) is 6.78. The van der Waals surface area contributed by atoms with Crippen LogP contribution in [-0.2, 0) is 28.6 Å². The third kappa shape index (κ3) is 44.5. The van der Waals surface area contributed by atoms with Gasteiger partial charge in [-0.15, -0.1) is 0 Å². The van der Waals surface area contributed by atoms with Gasteiger partial charge in [0.1, 0.15) is 13.2 Å². The molecule has 0 aromatic heterocycles. The van der Waals surface area contributed by atoms with Crippen LogP contribution in [0.3, 0.4) is 0 Å². The van der Waals surface area contributed by atoms with Crippen molar-refractivity contribution in [3.63, 3.8) is 0 Å². The molecule has 0 aliphatic rings. The quantitative estimate of drug-likeness (QED) is 0.0264. The first-order valence-electron chi connectivity index (χ1n) is 24.6. The van der Waals surface area contributed by atoms with Gasteiger partial charge in [0.15, 0.2) is 6.10 Å². The van der Waals surface area contributed by atoms with Crippen LogP contribution in [0.5, 0.6) is 0 Å². The molecular weight excluding hydrogens is 721 g/mol. The van der Waals surface area contributed by atoms with Crippen LogP contribution in [0.15, 0.2) is 48.6 Å². The van der Waals surface area contributed by atoms with Crippen LogP contribution in [0.25, 0.3) is 0 Å². The SMILES string of the molecule is CCCC/C=C\CCCCCCCC(=O)OC[C@H](COC(=O)CCCC/C=C\C/C=C\C/C=C\CCCCC)OC(=O)CCCCCCCCCCCCCCCC. The molecule has 336 valence electrons. The summed E-state index contributed by atoms with van der Waals surface area (Å²) in [6.07, 6.45) is 55.2. The molecule has 0 N–H and O–H groups in total. The molecule has 0 amide bonds. The van der Waals surface area contributed by atoms with Gasteiger partial charge in [-0.3, -0.25) is 14.4 Å². The predicted molar refractivity (Wildman–Crippen MR) is 247 cm³/mol. The molecule has 0 heterocycles. The first kappa shape index (κ1) is 55.4. The van der Waals surface area contributed by atoms with Gasteiger partial charge in [-0.1, -0.05) is 198 Å².